The zero-order valence-corrected chi connectivity index (χ0v) is 9.25. The van der Waals surface area contributed by atoms with Crippen LogP contribution in [0.1, 0.15) is 20.3 Å². The minimum absolute atomic E-state index is 0.358. The summed E-state index contributed by atoms with van der Waals surface area (Å²) < 4.78 is 5.44. The van der Waals surface area contributed by atoms with Crippen molar-refractivity contribution in [3.63, 3.8) is 0 Å². The first-order chi connectivity index (χ1) is 6.65. The lowest BCUT2D eigenvalue weighted by molar-refractivity contribution is 0.0520. The second-order valence-corrected chi connectivity index (χ2v) is 4.19. The van der Waals surface area contributed by atoms with Gasteiger partial charge < -0.3 is 10.1 Å². The van der Waals surface area contributed by atoms with E-state index in [4.69, 9.17) is 4.74 Å². The van der Waals surface area contributed by atoms with Crippen molar-refractivity contribution in [2.45, 2.75) is 26.3 Å². The van der Waals surface area contributed by atoms with E-state index in [-0.39, 0.29) is 0 Å². The summed E-state index contributed by atoms with van der Waals surface area (Å²) in [6.45, 7) is 13.8. The highest BCUT2D eigenvalue weighted by Gasteiger charge is 2.23. The first-order valence-electron chi connectivity index (χ1n) is 5.30. The molecular formula is C12H21NO. The summed E-state index contributed by atoms with van der Waals surface area (Å²) in [6, 6.07) is 0.358. The molecule has 0 aromatic rings. The summed E-state index contributed by atoms with van der Waals surface area (Å²) in [5.74, 6) is 0.988. The molecular weight excluding hydrogens is 174 g/mol. The highest BCUT2D eigenvalue weighted by molar-refractivity contribution is 5.01. The molecule has 1 fully saturated rings. The fourth-order valence-corrected chi connectivity index (χ4v) is 1.59. The number of nitrogens with one attached hydrogen (secondary N) is 1. The molecule has 1 heterocycles. The molecule has 14 heavy (non-hydrogen) atoms. The maximum absolute atomic E-state index is 5.44. The summed E-state index contributed by atoms with van der Waals surface area (Å²) >= 11 is 0. The number of allylic oxidation sites excluding steroid dienone is 1. The highest BCUT2D eigenvalue weighted by Crippen LogP contribution is 2.18. The monoisotopic (exact) mass is 195 g/mol. The minimum atomic E-state index is 0.358. The smallest absolute Gasteiger partial charge is 0.0673 e. The van der Waals surface area contributed by atoms with E-state index in [0.29, 0.717) is 17.9 Å². The Morgan fingerprint density at radius 2 is 2.29 bits per heavy atom. The van der Waals surface area contributed by atoms with Crippen molar-refractivity contribution in [2.75, 3.05) is 13.2 Å². The SMILES string of the molecule is C=CC1CCOCC1NC(=C)C(C)C. The first kappa shape index (κ1) is 11.3. The molecule has 2 heteroatoms. The number of rotatable bonds is 4. The summed E-state index contributed by atoms with van der Waals surface area (Å²) in [7, 11) is 0. The topological polar surface area (TPSA) is 21.3 Å². The van der Waals surface area contributed by atoms with Crippen molar-refractivity contribution >= 4 is 0 Å². The molecule has 1 aliphatic rings. The van der Waals surface area contributed by atoms with Crippen LogP contribution >= 0.6 is 0 Å². The van der Waals surface area contributed by atoms with Gasteiger partial charge >= 0.3 is 0 Å². The van der Waals surface area contributed by atoms with E-state index >= 15 is 0 Å². The van der Waals surface area contributed by atoms with Crippen LogP contribution in [0.25, 0.3) is 0 Å². The lowest BCUT2D eigenvalue weighted by Crippen LogP contribution is -2.43. The Morgan fingerprint density at radius 1 is 1.57 bits per heavy atom. The second kappa shape index (κ2) is 5.20. The van der Waals surface area contributed by atoms with Gasteiger partial charge in [-0.15, -0.1) is 6.58 Å². The molecule has 80 valence electrons. The van der Waals surface area contributed by atoms with Crippen molar-refractivity contribution in [3.8, 4) is 0 Å². The summed E-state index contributed by atoms with van der Waals surface area (Å²) in [5.41, 5.74) is 1.09. The van der Waals surface area contributed by atoms with E-state index in [1.807, 2.05) is 6.08 Å². The Labute approximate surface area is 87.0 Å². The lowest BCUT2D eigenvalue weighted by atomic mass is 9.94. The molecule has 2 atom stereocenters. The van der Waals surface area contributed by atoms with Crippen LogP contribution in [0.2, 0.25) is 0 Å². The van der Waals surface area contributed by atoms with E-state index in [0.717, 1.165) is 25.3 Å². The Kier molecular flexibility index (Phi) is 4.21. The molecule has 1 aliphatic heterocycles. The number of hydrogen-bond donors (Lipinski definition) is 1. The van der Waals surface area contributed by atoms with Crippen LogP contribution in [0.15, 0.2) is 24.9 Å². The van der Waals surface area contributed by atoms with Crippen molar-refractivity contribution in [3.05, 3.63) is 24.9 Å². The maximum atomic E-state index is 5.44. The van der Waals surface area contributed by atoms with Crippen LogP contribution in [0.5, 0.6) is 0 Å². The molecule has 2 nitrogen and oxygen atoms in total. The van der Waals surface area contributed by atoms with Crippen molar-refractivity contribution in [1.29, 1.82) is 0 Å². The van der Waals surface area contributed by atoms with Crippen LogP contribution < -0.4 is 5.32 Å². The maximum Gasteiger partial charge on any atom is 0.0673 e. The van der Waals surface area contributed by atoms with E-state index in [2.05, 4.69) is 32.3 Å². The predicted octanol–water partition coefficient (Wildman–Crippen LogP) is 2.34. The average Bonchev–Trinajstić information content (AvgIpc) is 2.18. The van der Waals surface area contributed by atoms with E-state index in [1.165, 1.54) is 0 Å². The van der Waals surface area contributed by atoms with Gasteiger partial charge in [0.2, 0.25) is 0 Å². The fraction of sp³-hybridized carbons (Fsp3) is 0.667. The largest absolute Gasteiger partial charge is 0.383 e. The van der Waals surface area contributed by atoms with Gasteiger partial charge in [0.05, 0.1) is 12.6 Å². The molecule has 0 aromatic carbocycles. The zero-order chi connectivity index (χ0) is 10.6. The average molecular weight is 195 g/mol. The van der Waals surface area contributed by atoms with E-state index < -0.39 is 0 Å². The molecule has 1 N–H and O–H groups in total. The van der Waals surface area contributed by atoms with Gasteiger partial charge in [0.1, 0.15) is 0 Å². The van der Waals surface area contributed by atoms with Crippen LogP contribution in [0, 0.1) is 11.8 Å². The zero-order valence-electron chi connectivity index (χ0n) is 9.25. The Balaban J connectivity index is 2.48. The Hall–Kier alpha value is -0.760. The molecule has 0 bridgehead atoms. The molecule has 2 unspecified atom stereocenters. The van der Waals surface area contributed by atoms with Gasteiger partial charge in [-0.1, -0.05) is 26.5 Å². The predicted molar refractivity (Wildman–Crippen MR) is 60.0 cm³/mol. The quantitative estimate of drug-likeness (QED) is 0.695. The first-order valence-corrected chi connectivity index (χ1v) is 5.30. The molecule has 0 aromatic heterocycles. The molecule has 0 aliphatic carbocycles. The van der Waals surface area contributed by atoms with Gasteiger partial charge in [0.25, 0.3) is 0 Å². The van der Waals surface area contributed by atoms with Gasteiger partial charge in [-0.05, 0) is 12.3 Å². The van der Waals surface area contributed by atoms with Crippen molar-refractivity contribution < 1.29 is 4.74 Å². The Bertz CT molecular complexity index is 210. The fourth-order valence-electron chi connectivity index (χ4n) is 1.59. The summed E-state index contributed by atoms with van der Waals surface area (Å²) in [6.07, 6.45) is 3.08. The van der Waals surface area contributed by atoms with Crippen LogP contribution in [-0.4, -0.2) is 19.3 Å². The van der Waals surface area contributed by atoms with Gasteiger partial charge in [0.15, 0.2) is 0 Å². The van der Waals surface area contributed by atoms with Crippen LogP contribution in [-0.2, 0) is 4.74 Å². The van der Waals surface area contributed by atoms with E-state index in [9.17, 15) is 0 Å². The molecule has 0 amide bonds. The summed E-state index contributed by atoms with van der Waals surface area (Å²) in [4.78, 5) is 0. The standard InChI is InChI=1S/C12H21NO/c1-5-11-6-7-14-8-12(11)13-10(4)9(2)3/h5,9,11-13H,1,4,6-8H2,2-3H3. The third-order valence-corrected chi connectivity index (χ3v) is 2.78. The van der Waals surface area contributed by atoms with E-state index in [1.54, 1.807) is 0 Å². The molecule has 0 saturated carbocycles. The van der Waals surface area contributed by atoms with Crippen LogP contribution in [0.3, 0.4) is 0 Å². The number of hydrogen-bond acceptors (Lipinski definition) is 2. The normalized spacial score (nSPS) is 27.4. The second-order valence-electron chi connectivity index (χ2n) is 4.19. The Morgan fingerprint density at radius 3 is 2.86 bits per heavy atom. The van der Waals surface area contributed by atoms with Crippen molar-refractivity contribution in [2.24, 2.45) is 11.8 Å². The van der Waals surface area contributed by atoms with Crippen LogP contribution in [0.4, 0.5) is 0 Å². The number of ether oxygens (including phenoxy) is 1. The highest BCUT2D eigenvalue weighted by atomic mass is 16.5. The van der Waals surface area contributed by atoms with Gasteiger partial charge in [-0.3, -0.25) is 0 Å². The summed E-state index contributed by atoms with van der Waals surface area (Å²) in [5, 5.41) is 3.43. The third-order valence-electron chi connectivity index (χ3n) is 2.78. The van der Waals surface area contributed by atoms with Crippen molar-refractivity contribution in [1.82, 2.24) is 5.32 Å². The molecule has 1 saturated heterocycles. The van der Waals surface area contributed by atoms with Gasteiger partial charge in [-0.2, -0.15) is 0 Å². The lowest BCUT2D eigenvalue weighted by Gasteiger charge is -2.32. The van der Waals surface area contributed by atoms with Gasteiger partial charge in [0, 0.05) is 18.2 Å². The minimum Gasteiger partial charge on any atom is -0.383 e. The molecule has 1 rings (SSSR count). The molecule has 0 radical (unpaired) electrons. The molecule has 0 spiro atoms. The third kappa shape index (κ3) is 2.88. The van der Waals surface area contributed by atoms with Gasteiger partial charge in [-0.25, -0.2) is 0 Å².